The zero-order chi connectivity index (χ0) is 26.5. The lowest BCUT2D eigenvalue weighted by Crippen LogP contribution is -2.34. The van der Waals surface area contributed by atoms with E-state index in [2.05, 4.69) is 18.5 Å². The molecule has 0 unspecified atom stereocenters. The molecular weight excluding hydrogens is 462 g/mol. The van der Waals surface area contributed by atoms with Crippen molar-refractivity contribution < 1.29 is 29.3 Å². The Morgan fingerprint density at radius 1 is 1.19 bits per heavy atom. The first-order valence-corrected chi connectivity index (χ1v) is 11.8. The number of benzene rings is 2. The van der Waals surface area contributed by atoms with Gasteiger partial charge in [0.15, 0.2) is 0 Å². The van der Waals surface area contributed by atoms with Crippen molar-refractivity contribution in [1.82, 2.24) is 4.90 Å². The number of likely N-dealkylation sites (tertiary alicyclic amines) is 1. The van der Waals surface area contributed by atoms with Crippen molar-refractivity contribution >= 4 is 17.9 Å². The van der Waals surface area contributed by atoms with Crippen molar-refractivity contribution in [3.05, 3.63) is 77.9 Å². The lowest BCUT2D eigenvalue weighted by Gasteiger charge is -2.16. The Morgan fingerprint density at radius 2 is 1.89 bits per heavy atom. The number of rotatable bonds is 8. The number of phenolic OH excluding ortho intramolecular Hbond substituents is 1. The molecule has 0 spiro atoms. The SMILES string of the molecule is C=CCOC(=O)[C@H]1C[C@H](O)CN1C.CCCc1ccc(COC(=O)N=C(N)c2cccc(O)c2)cc1. The fraction of sp³-hybridized carbons (Fsp3) is 0.370. The summed E-state index contributed by atoms with van der Waals surface area (Å²) in [4.78, 5) is 28.5. The number of β-amino-alcohol motifs (C(OH)–C–C–N with tert-alkyl or cyclic N) is 1. The van der Waals surface area contributed by atoms with Gasteiger partial charge in [-0.05, 0) is 36.7 Å². The summed E-state index contributed by atoms with van der Waals surface area (Å²) in [5, 5.41) is 18.7. The van der Waals surface area contributed by atoms with Gasteiger partial charge in [-0.25, -0.2) is 4.79 Å². The fourth-order valence-electron chi connectivity index (χ4n) is 3.58. The highest BCUT2D eigenvalue weighted by Gasteiger charge is 2.34. The summed E-state index contributed by atoms with van der Waals surface area (Å²) in [6.07, 6.45) is 2.95. The third-order valence-electron chi connectivity index (χ3n) is 5.42. The summed E-state index contributed by atoms with van der Waals surface area (Å²) < 4.78 is 9.97. The number of hydrogen-bond acceptors (Lipinski definition) is 7. The number of aliphatic hydroxyl groups is 1. The molecule has 1 heterocycles. The van der Waals surface area contributed by atoms with Crippen LogP contribution in [-0.4, -0.2) is 65.4 Å². The molecule has 36 heavy (non-hydrogen) atoms. The minimum Gasteiger partial charge on any atom is -0.508 e. The number of amidine groups is 1. The van der Waals surface area contributed by atoms with Gasteiger partial charge in [-0.3, -0.25) is 9.69 Å². The van der Waals surface area contributed by atoms with Crippen LogP contribution in [0.4, 0.5) is 4.79 Å². The molecule has 1 aliphatic rings. The zero-order valence-corrected chi connectivity index (χ0v) is 20.8. The number of likely N-dealkylation sites (N-methyl/N-ethyl adjacent to an activating group) is 1. The predicted octanol–water partition coefficient (Wildman–Crippen LogP) is 3.17. The number of aliphatic hydroxyl groups excluding tert-OH is 1. The number of aromatic hydroxyl groups is 1. The van der Waals surface area contributed by atoms with Crippen LogP contribution in [0.2, 0.25) is 0 Å². The lowest BCUT2D eigenvalue weighted by atomic mass is 10.1. The Kier molecular flexibility index (Phi) is 11.6. The van der Waals surface area contributed by atoms with Crippen LogP contribution in [0.15, 0.2) is 66.2 Å². The number of carbonyl (C=O) groups is 2. The Bertz CT molecular complexity index is 1040. The number of aryl methyl sites for hydroxylation is 1. The molecule has 3 rings (SSSR count). The molecular formula is C27H35N3O6. The van der Waals surface area contributed by atoms with E-state index in [9.17, 15) is 19.8 Å². The van der Waals surface area contributed by atoms with Gasteiger partial charge in [-0.15, -0.1) is 0 Å². The Morgan fingerprint density at radius 3 is 2.47 bits per heavy atom. The number of esters is 1. The summed E-state index contributed by atoms with van der Waals surface area (Å²) in [7, 11) is 1.80. The highest BCUT2D eigenvalue weighted by molar-refractivity contribution is 6.02. The van der Waals surface area contributed by atoms with Crippen LogP contribution in [-0.2, 0) is 27.3 Å². The van der Waals surface area contributed by atoms with Crippen LogP contribution in [0.3, 0.4) is 0 Å². The van der Waals surface area contributed by atoms with Gasteiger partial charge < -0.3 is 25.4 Å². The first-order valence-electron chi connectivity index (χ1n) is 11.8. The second-order valence-electron chi connectivity index (χ2n) is 8.43. The normalized spacial score (nSPS) is 17.6. The Labute approximate surface area is 211 Å². The largest absolute Gasteiger partial charge is 0.508 e. The molecule has 2 aromatic carbocycles. The third-order valence-corrected chi connectivity index (χ3v) is 5.42. The average Bonchev–Trinajstić information content (AvgIpc) is 3.20. The van der Waals surface area contributed by atoms with Crippen LogP contribution in [0.25, 0.3) is 0 Å². The van der Waals surface area contributed by atoms with E-state index in [-0.39, 0.29) is 36.8 Å². The summed E-state index contributed by atoms with van der Waals surface area (Å²) >= 11 is 0. The number of phenols is 1. The molecule has 4 N–H and O–H groups in total. The van der Waals surface area contributed by atoms with Gasteiger partial charge in [0.05, 0.1) is 6.10 Å². The summed E-state index contributed by atoms with van der Waals surface area (Å²) in [5.74, 6) is -0.218. The average molecular weight is 498 g/mol. The highest BCUT2D eigenvalue weighted by atomic mass is 16.5. The fourth-order valence-corrected chi connectivity index (χ4v) is 3.58. The van der Waals surface area contributed by atoms with E-state index in [1.54, 1.807) is 24.1 Å². The second kappa shape index (κ2) is 14.7. The van der Waals surface area contributed by atoms with Gasteiger partial charge in [0.25, 0.3) is 0 Å². The maximum absolute atomic E-state index is 11.7. The smallest absolute Gasteiger partial charge is 0.435 e. The number of nitrogens with zero attached hydrogens (tertiary/aromatic N) is 2. The maximum atomic E-state index is 11.7. The van der Waals surface area contributed by atoms with Crippen LogP contribution in [0.5, 0.6) is 5.75 Å². The topological polar surface area (TPSA) is 135 Å². The van der Waals surface area contributed by atoms with Gasteiger partial charge in [0, 0.05) is 18.5 Å². The van der Waals surface area contributed by atoms with Crippen LogP contribution in [0, 0.1) is 0 Å². The molecule has 0 bridgehead atoms. The Hall–Kier alpha value is -3.69. The van der Waals surface area contributed by atoms with Crippen molar-refractivity contribution in [2.24, 2.45) is 10.7 Å². The molecule has 1 saturated heterocycles. The van der Waals surface area contributed by atoms with E-state index in [4.69, 9.17) is 15.2 Å². The molecule has 0 aromatic heterocycles. The maximum Gasteiger partial charge on any atom is 0.435 e. The van der Waals surface area contributed by atoms with Gasteiger partial charge in [-0.2, -0.15) is 4.99 Å². The number of carbonyl (C=O) groups excluding carboxylic acids is 2. The van der Waals surface area contributed by atoms with Crippen molar-refractivity contribution in [2.75, 3.05) is 20.2 Å². The van der Waals surface area contributed by atoms with Crippen LogP contribution in [0.1, 0.15) is 36.5 Å². The molecule has 2 aromatic rings. The van der Waals surface area contributed by atoms with E-state index in [1.165, 1.54) is 23.8 Å². The van der Waals surface area contributed by atoms with E-state index >= 15 is 0 Å². The lowest BCUT2D eigenvalue weighted by molar-refractivity contribution is -0.147. The van der Waals surface area contributed by atoms with Crippen molar-refractivity contribution in [2.45, 2.75) is 44.9 Å². The molecule has 0 radical (unpaired) electrons. The number of hydrogen-bond donors (Lipinski definition) is 3. The van der Waals surface area contributed by atoms with E-state index in [0.29, 0.717) is 18.5 Å². The molecule has 9 heteroatoms. The minimum atomic E-state index is -0.761. The van der Waals surface area contributed by atoms with Gasteiger partial charge >= 0.3 is 12.1 Å². The highest BCUT2D eigenvalue weighted by Crippen LogP contribution is 2.16. The Balaban J connectivity index is 0.000000297. The van der Waals surface area contributed by atoms with Gasteiger partial charge in [0.2, 0.25) is 0 Å². The minimum absolute atomic E-state index is 0.00388. The molecule has 9 nitrogen and oxygen atoms in total. The zero-order valence-electron chi connectivity index (χ0n) is 20.8. The molecule has 194 valence electrons. The van der Waals surface area contributed by atoms with Gasteiger partial charge in [0.1, 0.15) is 30.8 Å². The third kappa shape index (κ3) is 9.52. The summed E-state index contributed by atoms with van der Waals surface area (Å²) in [6, 6.07) is 13.8. The first kappa shape index (κ1) is 28.5. The van der Waals surface area contributed by atoms with Gasteiger partial charge in [-0.1, -0.05) is 62.4 Å². The number of aliphatic imine (C=N–C) groups is 1. The van der Waals surface area contributed by atoms with Crippen LogP contribution >= 0.6 is 0 Å². The first-order chi connectivity index (χ1) is 17.2. The molecule has 2 atom stereocenters. The molecule has 1 fully saturated rings. The van der Waals surface area contributed by atoms with Crippen molar-refractivity contribution in [3.63, 3.8) is 0 Å². The monoisotopic (exact) mass is 497 g/mol. The standard InChI is InChI=1S/C18H20N2O3.C9H15NO3/c1-2-4-13-7-9-14(10-8-13)12-23-18(22)20-17(19)15-5-3-6-16(21)11-15;1-3-4-13-9(12)8-5-7(11)6-10(8)2/h3,5-11,21H,2,4,12H2,1H3,(H2,19,20,22);3,7-8,11H,1,4-6H2,2H3/t;7-,8+/m.0/s1. The van der Waals surface area contributed by atoms with Crippen LogP contribution < -0.4 is 5.73 Å². The van der Waals surface area contributed by atoms with E-state index in [1.807, 2.05) is 24.3 Å². The quantitative estimate of drug-likeness (QED) is 0.219. The number of nitrogens with two attached hydrogens (primary N) is 1. The van der Waals surface area contributed by atoms with E-state index in [0.717, 1.165) is 18.4 Å². The number of amides is 1. The van der Waals surface area contributed by atoms with Crippen molar-refractivity contribution in [3.8, 4) is 5.75 Å². The van der Waals surface area contributed by atoms with Crippen molar-refractivity contribution in [1.29, 1.82) is 0 Å². The molecule has 1 amide bonds. The summed E-state index contributed by atoms with van der Waals surface area (Å²) in [5.41, 5.74) is 8.34. The predicted molar refractivity (Wildman–Crippen MR) is 138 cm³/mol. The molecule has 0 aliphatic carbocycles. The van der Waals surface area contributed by atoms with E-state index < -0.39 is 12.2 Å². The molecule has 1 aliphatic heterocycles. The number of ether oxygens (including phenoxy) is 2. The second-order valence-corrected chi connectivity index (χ2v) is 8.43. The molecule has 0 saturated carbocycles. The summed E-state index contributed by atoms with van der Waals surface area (Å²) in [6.45, 7) is 6.49.